The fraction of sp³-hybridized carbons (Fsp3) is 0.310. The molecule has 0 radical (unpaired) electrons. The van der Waals surface area contributed by atoms with E-state index in [4.69, 9.17) is 10.5 Å². The number of para-hydroxylation sites is 1. The van der Waals surface area contributed by atoms with Crippen molar-refractivity contribution in [3.8, 4) is 11.8 Å². The lowest BCUT2D eigenvalue weighted by atomic mass is 9.70. The van der Waals surface area contributed by atoms with Crippen molar-refractivity contribution in [1.82, 2.24) is 14.6 Å². The second-order valence-corrected chi connectivity index (χ2v) is 10.4. The van der Waals surface area contributed by atoms with Crippen molar-refractivity contribution in [3.63, 3.8) is 0 Å². The molecule has 3 N–H and O–H groups in total. The van der Waals surface area contributed by atoms with E-state index in [1.807, 2.05) is 47.4 Å². The molecule has 9 nitrogen and oxygen atoms in total. The minimum Gasteiger partial charge on any atom is -0.490 e. The summed E-state index contributed by atoms with van der Waals surface area (Å²) in [6.07, 6.45) is 1.95. The number of benzene rings is 1. The van der Waals surface area contributed by atoms with Crippen molar-refractivity contribution in [1.29, 1.82) is 5.26 Å². The highest BCUT2D eigenvalue weighted by atomic mass is 19.1. The number of anilines is 1. The number of amides is 1. The molecule has 0 unspecified atom stereocenters. The Morgan fingerprint density at radius 1 is 1.26 bits per heavy atom. The van der Waals surface area contributed by atoms with Crippen LogP contribution in [-0.4, -0.2) is 50.0 Å². The van der Waals surface area contributed by atoms with Gasteiger partial charge in [-0.1, -0.05) is 18.2 Å². The third-order valence-corrected chi connectivity index (χ3v) is 7.22. The first kappa shape index (κ1) is 26.1. The second kappa shape index (κ2) is 10.0. The van der Waals surface area contributed by atoms with Gasteiger partial charge in [0.25, 0.3) is 0 Å². The fourth-order valence-electron chi connectivity index (χ4n) is 5.01. The maximum absolute atomic E-state index is 15.6. The third-order valence-electron chi connectivity index (χ3n) is 7.22. The molecule has 5 rings (SSSR count). The average molecular weight is 529 g/mol. The first-order valence-corrected chi connectivity index (χ1v) is 12.6. The molecule has 1 aromatic carbocycles. The van der Waals surface area contributed by atoms with Crippen LogP contribution in [0.5, 0.6) is 5.75 Å². The zero-order valence-corrected chi connectivity index (χ0v) is 21.7. The van der Waals surface area contributed by atoms with Crippen molar-refractivity contribution < 1.29 is 19.0 Å². The van der Waals surface area contributed by atoms with Crippen LogP contribution in [0.3, 0.4) is 0 Å². The van der Waals surface area contributed by atoms with Crippen molar-refractivity contribution in [2.24, 2.45) is 5.73 Å². The Morgan fingerprint density at radius 3 is 2.62 bits per heavy atom. The van der Waals surface area contributed by atoms with Gasteiger partial charge >= 0.3 is 0 Å². The van der Waals surface area contributed by atoms with Gasteiger partial charge in [0.1, 0.15) is 29.9 Å². The van der Waals surface area contributed by atoms with Crippen molar-refractivity contribution in [3.05, 3.63) is 89.9 Å². The van der Waals surface area contributed by atoms with Gasteiger partial charge in [-0.25, -0.2) is 13.9 Å². The van der Waals surface area contributed by atoms with Gasteiger partial charge in [-0.2, -0.15) is 10.4 Å². The second-order valence-electron chi connectivity index (χ2n) is 10.4. The van der Waals surface area contributed by atoms with Gasteiger partial charge < -0.3 is 20.5 Å². The average Bonchev–Trinajstić information content (AvgIpc) is 3.32. The quantitative estimate of drug-likeness (QED) is 0.338. The topological polar surface area (TPSA) is 130 Å². The minimum atomic E-state index is -1.63. The molecule has 0 aliphatic heterocycles. The Balaban J connectivity index is 1.61. The summed E-state index contributed by atoms with van der Waals surface area (Å²) in [5.74, 6) is 0.516. The molecule has 1 amide bonds. The summed E-state index contributed by atoms with van der Waals surface area (Å²) in [6.45, 7) is 2.66. The van der Waals surface area contributed by atoms with E-state index in [0.717, 1.165) is 11.4 Å². The monoisotopic (exact) mass is 528 g/mol. The number of alkyl halides is 1. The number of rotatable bonds is 9. The number of nitrogens with zero attached hydrogens (tertiary/aromatic N) is 5. The molecule has 1 aliphatic rings. The van der Waals surface area contributed by atoms with Gasteiger partial charge in [-0.3, -0.25) is 4.79 Å². The summed E-state index contributed by atoms with van der Waals surface area (Å²) in [7, 11) is 0. The number of nitrogens with two attached hydrogens (primary N) is 1. The standard InChI is InChI=1S/C29H29FN6O3/c1-28(2,38)24(30)18-35(26-11-8-20(17-33-26)27(32)37)29(13-23(14-29)39-22-6-4-3-5-7-22)25-10-9-21-12-19(15-31)16-34-36(21)25/h3-12,16-17,23-24,38H,13-14,18H2,1-2H3,(H2,32,37)/t23?,24-,29?/m1/s1. The third kappa shape index (κ3) is 5.01. The maximum atomic E-state index is 15.6. The summed E-state index contributed by atoms with van der Waals surface area (Å²) >= 11 is 0. The van der Waals surface area contributed by atoms with E-state index in [0.29, 0.717) is 29.7 Å². The largest absolute Gasteiger partial charge is 0.490 e. The molecular weight excluding hydrogens is 499 g/mol. The molecule has 1 aliphatic carbocycles. The first-order valence-electron chi connectivity index (χ1n) is 12.6. The minimum absolute atomic E-state index is 0.187. The molecule has 3 heterocycles. The zero-order valence-electron chi connectivity index (χ0n) is 21.7. The van der Waals surface area contributed by atoms with Crippen LogP contribution in [0.4, 0.5) is 10.2 Å². The van der Waals surface area contributed by atoms with Crippen LogP contribution in [0.2, 0.25) is 0 Å². The number of halogens is 1. The van der Waals surface area contributed by atoms with E-state index >= 15 is 4.39 Å². The summed E-state index contributed by atoms with van der Waals surface area (Å²) < 4.78 is 23.5. The number of pyridine rings is 1. The molecule has 1 fully saturated rings. The van der Waals surface area contributed by atoms with Crippen LogP contribution >= 0.6 is 0 Å². The highest BCUT2D eigenvalue weighted by Crippen LogP contribution is 2.50. The predicted molar refractivity (Wildman–Crippen MR) is 143 cm³/mol. The van der Waals surface area contributed by atoms with E-state index in [1.165, 1.54) is 26.2 Å². The predicted octanol–water partition coefficient (Wildman–Crippen LogP) is 3.75. The van der Waals surface area contributed by atoms with Gasteiger partial charge in [0.2, 0.25) is 5.91 Å². The number of primary amides is 1. The Morgan fingerprint density at radius 2 is 2.00 bits per heavy atom. The van der Waals surface area contributed by atoms with Gasteiger partial charge in [-0.05, 0) is 56.3 Å². The first-order chi connectivity index (χ1) is 18.6. The summed E-state index contributed by atoms with van der Waals surface area (Å²) in [6, 6.07) is 20.2. The lowest BCUT2D eigenvalue weighted by Crippen LogP contribution is -2.62. The number of aromatic nitrogens is 3. The molecule has 1 saturated carbocycles. The molecule has 0 saturated heterocycles. The van der Waals surface area contributed by atoms with E-state index < -0.39 is 23.2 Å². The highest BCUT2D eigenvalue weighted by molar-refractivity contribution is 5.92. The molecule has 3 aromatic heterocycles. The normalized spacial score (nSPS) is 19.6. The fourth-order valence-corrected chi connectivity index (χ4v) is 5.01. The highest BCUT2D eigenvalue weighted by Gasteiger charge is 2.54. The van der Waals surface area contributed by atoms with Gasteiger partial charge in [-0.15, -0.1) is 0 Å². The van der Waals surface area contributed by atoms with Crippen LogP contribution in [0, 0.1) is 11.3 Å². The number of carbonyl (C=O) groups excluding carboxylic acids is 1. The van der Waals surface area contributed by atoms with Crippen LogP contribution < -0.4 is 15.4 Å². The SMILES string of the molecule is CC(C)(O)[C@H](F)CN(c1ccc(C(N)=O)cn1)C1(c2ccc3cc(C#N)cnn23)CC(Oc2ccccc2)C1. The molecule has 39 heavy (non-hydrogen) atoms. The van der Waals surface area contributed by atoms with Crippen LogP contribution in [-0.2, 0) is 5.54 Å². The van der Waals surface area contributed by atoms with Gasteiger partial charge in [0.15, 0.2) is 0 Å². The summed E-state index contributed by atoms with van der Waals surface area (Å²) in [4.78, 5) is 18.0. The number of hydrogen-bond acceptors (Lipinski definition) is 7. The molecule has 0 bridgehead atoms. The number of fused-ring (bicyclic) bond motifs is 1. The molecular formula is C29H29FN6O3. The van der Waals surface area contributed by atoms with Crippen LogP contribution in [0.1, 0.15) is 48.3 Å². The molecule has 0 spiro atoms. The lowest BCUT2D eigenvalue weighted by Gasteiger charge is -2.54. The number of aliphatic hydroxyl groups is 1. The molecule has 10 heteroatoms. The van der Waals surface area contributed by atoms with E-state index in [-0.39, 0.29) is 18.2 Å². The number of carbonyl (C=O) groups is 1. The zero-order chi connectivity index (χ0) is 27.8. The summed E-state index contributed by atoms with van der Waals surface area (Å²) in [5, 5.41) is 24.4. The molecule has 1 atom stereocenters. The van der Waals surface area contributed by atoms with Crippen LogP contribution in [0.25, 0.3) is 5.52 Å². The smallest absolute Gasteiger partial charge is 0.250 e. The Labute approximate surface area is 225 Å². The Kier molecular flexibility index (Phi) is 6.70. The van der Waals surface area contributed by atoms with Gasteiger partial charge in [0, 0.05) is 19.0 Å². The van der Waals surface area contributed by atoms with Crippen LogP contribution in [0.15, 0.2) is 73.1 Å². The van der Waals surface area contributed by atoms with E-state index in [9.17, 15) is 15.2 Å². The lowest BCUT2D eigenvalue weighted by molar-refractivity contribution is -0.0124. The molecule has 200 valence electrons. The van der Waals surface area contributed by atoms with E-state index in [1.54, 1.807) is 22.7 Å². The van der Waals surface area contributed by atoms with Crippen molar-refractivity contribution >= 4 is 17.2 Å². The van der Waals surface area contributed by atoms with E-state index in [2.05, 4.69) is 16.2 Å². The molecule has 4 aromatic rings. The Bertz CT molecular complexity index is 1520. The number of nitriles is 1. The Hall–Kier alpha value is -4.49. The van der Waals surface area contributed by atoms with Crippen molar-refractivity contribution in [2.45, 2.75) is 50.1 Å². The summed E-state index contributed by atoms with van der Waals surface area (Å²) in [5.41, 5.74) is 5.10. The van der Waals surface area contributed by atoms with Gasteiger partial charge in [0.05, 0.1) is 46.2 Å². The van der Waals surface area contributed by atoms with Crippen molar-refractivity contribution in [2.75, 3.05) is 11.4 Å². The number of hydrogen-bond donors (Lipinski definition) is 2. The number of ether oxygens (including phenoxy) is 1. The maximum Gasteiger partial charge on any atom is 0.250 e.